The van der Waals surface area contributed by atoms with Gasteiger partial charge in [0.1, 0.15) is 0 Å². The largest absolute Gasteiger partial charge is 0.493 e. The van der Waals surface area contributed by atoms with Crippen LogP contribution in [-0.4, -0.2) is 40.5 Å². The predicted molar refractivity (Wildman–Crippen MR) is 71.0 cm³/mol. The molecule has 0 amide bonds. The third kappa shape index (κ3) is 2.61. The van der Waals surface area contributed by atoms with E-state index in [-0.39, 0.29) is 0 Å². The monoisotopic (exact) mass is 252 g/mol. The lowest BCUT2D eigenvalue weighted by Crippen LogP contribution is -2.22. The first kappa shape index (κ1) is 12.8. The SMILES string of the molecule is COc1cc(NC2CCNC2)cc(OC)c1OC. The van der Waals surface area contributed by atoms with Gasteiger partial charge in [-0.3, -0.25) is 0 Å². The van der Waals surface area contributed by atoms with Crippen LogP contribution in [0.15, 0.2) is 12.1 Å². The van der Waals surface area contributed by atoms with Gasteiger partial charge in [0.15, 0.2) is 11.5 Å². The third-order valence-electron chi connectivity index (χ3n) is 3.10. The Morgan fingerprint density at radius 2 is 1.78 bits per heavy atom. The second-order valence-corrected chi connectivity index (χ2v) is 4.25. The van der Waals surface area contributed by atoms with Crippen LogP contribution in [0.1, 0.15) is 6.42 Å². The van der Waals surface area contributed by atoms with E-state index in [1.807, 2.05) is 12.1 Å². The third-order valence-corrected chi connectivity index (χ3v) is 3.10. The smallest absolute Gasteiger partial charge is 0.203 e. The minimum atomic E-state index is 0.452. The molecule has 0 radical (unpaired) electrons. The minimum absolute atomic E-state index is 0.452. The van der Waals surface area contributed by atoms with Crippen molar-refractivity contribution in [2.75, 3.05) is 39.7 Å². The van der Waals surface area contributed by atoms with Crippen LogP contribution in [0.3, 0.4) is 0 Å². The van der Waals surface area contributed by atoms with Crippen LogP contribution < -0.4 is 24.8 Å². The number of nitrogens with one attached hydrogen (secondary N) is 2. The van der Waals surface area contributed by atoms with E-state index < -0.39 is 0 Å². The fourth-order valence-electron chi connectivity index (χ4n) is 2.18. The molecule has 1 heterocycles. The zero-order valence-corrected chi connectivity index (χ0v) is 11.1. The highest BCUT2D eigenvalue weighted by atomic mass is 16.5. The molecule has 18 heavy (non-hydrogen) atoms. The van der Waals surface area contributed by atoms with Crippen LogP contribution in [0.4, 0.5) is 5.69 Å². The summed E-state index contributed by atoms with van der Waals surface area (Å²) < 4.78 is 15.9. The van der Waals surface area contributed by atoms with Crippen molar-refractivity contribution >= 4 is 5.69 Å². The molecule has 0 aliphatic carbocycles. The zero-order chi connectivity index (χ0) is 13.0. The van der Waals surface area contributed by atoms with Crippen LogP contribution >= 0.6 is 0 Å². The molecule has 1 saturated heterocycles. The van der Waals surface area contributed by atoms with Crippen LogP contribution in [0.5, 0.6) is 17.2 Å². The van der Waals surface area contributed by atoms with Crippen molar-refractivity contribution in [2.45, 2.75) is 12.5 Å². The number of benzene rings is 1. The molecular formula is C13H20N2O3. The Hall–Kier alpha value is -1.62. The number of methoxy groups -OCH3 is 3. The van der Waals surface area contributed by atoms with Crippen LogP contribution in [0, 0.1) is 0 Å². The first-order chi connectivity index (χ1) is 8.78. The molecule has 0 saturated carbocycles. The molecule has 0 aromatic heterocycles. The number of rotatable bonds is 5. The topological polar surface area (TPSA) is 51.8 Å². The summed E-state index contributed by atoms with van der Waals surface area (Å²) in [6.45, 7) is 2.04. The van der Waals surface area contributed by atoms with Crippen LogP contribution in [0.25, 0.3) is 0 Å². The summed E-state index contributed by atoms with van der Waals surface area (Å²) in [6.07, 6.45) is 1.12. The van der Waals surface area contributed by atoms with Crippen molar-refractivity contribution in [3.05, 3.63) is 12.1 Å². The van der Waals surface area contributed by atoms with E-state index in [0.717, 1.165) is 25.2 Å². The number of hydrogen-bond donors (Lipinski definition) is 2. The van der Waals surface area contributed by atoms with Gasteiger partial charge in [-0.15, -0.1) is 0 Å². The van der Waals surface area contributed by atoms with Gasteiger partial charge in [0, 0.05) is 30.4 Å². The van der Waals surface area contributed by atoms with Gasteiger partial charge in [-0.2, -0.15) is 0 Å². The minimum Gasteiger partial charge on any atom is -0.493 e. The van der Waals surface area contributed by atoms with Crippen molar-refractivity contribution in [1.29, 1.82) is 0 Å². The van der Waals surface area contributed by atoms with Gasteiger partial charge < -0.3 is 24.8 Å². The molecule has 2 rings (SSSR count). The molecule has 0 bridgehead atoms. The molecule has 1 atom stereocenters. The van der Waals surface area contributed by atoms with Crippen LogP contribution in [-0.2, 0) is 0 Å². The van der Waals surface area contributed by atoms with E-state index in [4.69, 9.17) is 14.2 Å². The molecule has 1 fully saturated rings. The van der Waals surface area contributed by atoms with Gasteiger partial charge in [-0.05, 0) is 13.0 Å². The Kier molecular flexibility index (Phi) is 4.15. The summed E-state index contributed by atoms with van der Waals surface area (Å²) in [5.41, 5.74) is 0.984. The lowest BCUT2D eigenvalue weighted by Gasteiger charge is -2.17. The van der Waals surface area contributed by atoms with Gasteiger partial charge in [0.2, 0.25) is 5.75 Å². The molecule has 0 spiro atoms. The normalized spacial score (nSPS) is 18.5. The van der Waals surface area contributed by atoms with Gasteiger partial charge in [-0.25, -0.2) is 0 Å². The van der Waals surface area contributed by atoms with Crippen molar-refractivity contribution in [3.63, 3.8) is 0 Å². The predicted octanol–water partition coefficient (Wildman–Crippen LogP) is 1.49. The first-order valence-corrected chi connectivity index (χ1v) is 6.05. The average Bonchev–Trinajstić information content (AvgIpc) is 2.90. The Morgan fingerprint density at radius 3 is 2.22 bits per heavy atom. The Morgan fingerprint density at radius 1 is 1.11 bits per heavy atom. The zero-order valence-electron chi connectivity index (χ0n) is 11.1. The summed E-state index contributed by atoms with van der Waals surface area (Å²) in [5.74, 6) is 1.96. The van der Waals surface area contributed by atoms with Gasteiger partial charge >= 0.3 is 0 Å². The summed E-state index contributed by atoms with van der Waals surface area (Å²) in [6, 6.07) is 4.31. The molecule has 1 aliphatic heterocycles. The second-order valence-electron chi connectivity index (χ2n) is 4.25. The number of hydrogen-bond acceptors (Lipinski definition) is 5. The van der Waals surface area contributed by atoms with Gasteiger partial charge in [-0.1, -0.05) is 0 Å². The van der Waals surface area contributed by atoms with E-state index in [2.05, 4.69) is 10.6 Å². The summed E-state index contributed by atoms with van der Waals surface area (Å²) in [5, 5.41) is 6.79. The molecule has 5 heteroatoms. The molecule has 1 aromatic rings. The average molecular weight is 252 g/mol. The highest BCUT2D eigenvalue weighted by Gasteiger charge is 2.17. The van der Waals surface area contributed by atoms with Crippen molar-refractivity contribution in [2.24, 2.45) is 0 Å². The maximum atomic E-state index is 5.32. The van der Waals surface area contributed by atoms with Crippen molar-refractivity contribution in [3.8, 4) is 17.2 Å². The van der Waals surface area contributed by atoms with E-state index in [0.29, 0.717) is 23.3 Å². The van der Waals surface area contributed by atoms with E-state index in [1.165, 1.54) is 0 Å². The Balaban J connectivity index is 2.24. The Bertz CT molecular complexity index is 378. The van der Waals surface area contributed by atoms with Gasteiger partial charge in [0.25, 0.3) is 0 Å². The lowest BCUT2D eigenvalue weighted by atomic mass is 10.2. The summed E-state index contributed by atoms with van der Waals surface area (Å²) in [7, 11) is 4.85. The molecular weight excluding hydrogens is 232 g/mol. The number of ether oxygens (including phenoxy) is 3. The highest BCUT2D eigenvalue weighted by molar-refractivity contribution is 5.62. The molecule has 2 N–H and O–H groups in total. The van der Waals surface area contributed by atoms with Crippen molar-refractivity contribution < 1.29 is 14.2 Å². The van der Waals surface area contributed by atoms with Crippen LogP contribution in [0.2, 0.25) is 0 Å². The van der Waals surface area contributed by atoms with E-state index in [1.54, 1.807) is 21.3 Å². The fraction of sp³-hybridized carbons (Fsp3) is 0.538. The fourth-order valence-corrected chi connectivity index (χ4v) is 2.18. The quantitative estimate of drug-likeness (QED) is 0.831. The first-order valence-electron chi connectivity index (χ1n) is 6.05. The number of anilines is 1. The lowest BCUT2D eigenvalue weighted by molar-refractivity contribution is 0.324. The molecule has 1 unspecified atom stereocenters. The van der Waals surface area contributed by atoms with Crippen molar-refractivity contribution in [1.82, 2.24) is 5.32 Å². The maximum absolute atomic E-state index is 5.32. The Labute approximate surface area is 107 Å². The summed E-state index contributed by atoms with van der Waals surface area (Å²) in [4.78, 5) is 0. The van der Waals surface area contributed by atoms with E-state index >= 15 is 0 Å². The standard InChI is InChI=1S/C13H20N2O3/c1-16-11-6-10(15-9-4-5-14-8-9)7-12(17-2)13(11)18-3/h6-7,9,14-15H,4-5,8H2,1-3H3. The molecule has 1 aliphatic rings. The molecule has 5 nitrogen and oxygen atoms in total. The van der Waals surface area contributed by atoms with Gasteiger partial charge in [0.05, 0.1) is 21.3 Å². The summed E-state index contributed by atoms with van der Waals surface area (Å²) >= 11 is 0. The second kappa shape index (κ2) is 5.82. The molecule has 1 aromatic carbocycles. The molecule has 100 valence electrons. The van der Waals surface area contributed by atoms with E-state index in [9.17, 15) is 0 Å². The maximum Gasteiger partial charge on any atom is 0.203 e. The highest BCUT2D eigenvalue weighted by Crippen LogP contribution is 2.40.